The van der Waals surface area contributed by atoms with Gasteiger partial charge in [-0.3, -0.25) is 48.2 Å². The molecule has 8 saturated heterocycles. The SMILES string of the molecule is C[C@@H]1CN(C(=O)C2CCNCC2)C[C@H]1NC(=O)c1cc(C2CC2)on1.C[C@@H]1CN(C2CCCCC2)C[C@H]1NC(=O)c1cc(C2CC2)on1.C[C@@H]1CN(C2CCOCC2)C[C@H]1NC(=O)c1cc(C2CC2)on1.C[C@H]1CN(C(=O)CC2CCNCC2)C[C@@H]1NC(=O)c1cc(C2CC2)on1.C[C@H]1CN(C(=O)CO)C[C@@H]1NC(=O)c1cc(C2CC2)on1. The number of aliphatic hydroxyl groups excluding tert-OH is 1. The lowest BCUT2D eigenvalue weighted by molar-refractivity contribution is -0.135. The van der Waals surface area contributed by atoms with E-state index in [1.54, 1.807) is 23.1 Å². The maximum Gasteiger partial charge on any atom is 0.273 e. The van der Waals surface area contributed by atoms with E-state index in [4.69, 9.17) is 32.5 Å². The van der Waals surface area contributed by atoms with Crippen molar-refractivity contribution in [2.75, 3.05) is 111 Å². The predicted octanol–water partition coefficient (Wildman–Crippen LogP) is 7.48. The molecule has 14 aliphatic rings. The van der Waals surface area contributed by atoms with Gasteiger partial charge in [0.15, 0.2) is 28.5 Å². The highest BCUT2D eigenvalue weighted by atomic mass is 16.5. The Morgan fingerprint density at radius 3 is 1.02 bits per heavy atom. The van der Waals surface area contributed by atoms with Crippen molar-refractivity contribution in [1.82, 2.24) is 87.5 Å². The number of aromatic nitrogens is 5. The molecule has 6 saturated carbocycles. The van der Waals surface area contributed by atoms with Crippen molar-refractivity contribution in [1.29, 1.82) is 0 Å². The molecule has 0 spiro atoms. The molecular weight excluding hydrogens is 1510 g/mol. The second-order valence-electron chi connectivity index (χ2n) is 36.7. The van der Waals surface area contributed by atoms with E-state index in [-0.39, 0.29) is 107 Å². The van der Waals surface area contributed by atoms with E-state index in [9.17, 15) is 38.4 Å². The summed E-state index contributed by atoms with van der Waals surface area (Å²) in [6, 6.07) is 10.4. The maximum atomic E-state index is 12.7. The van der Waals surface area contributed by atoms with E-state index in [1.165, 1.54) is 32.1 Å². The molecule has 6 aliphatic carbocycles. The molecule has 644 valence electrons. The molecule has 32 heteroatoms. The number of hydrogen-bond acceptors (Lipinski definition) is 24. The molecule has 14 fully saturated rings. The molecule has 13 heterocycles. The van der Waals surface area contributed by atoms with Crippen LogP contribution in [0.25, 0.3) is 0 Å². The van der Waals surface area contributed by atoms with Gasteiger partial charge in [-0.05, 0) is 177 Å². The third kappa shape index (κ3) is 22.4. The minimum Gasteiger partial charge on any atom is -0.387 e. The maximum absolute atomic E-state index is 12.7. The number of hydrogen-bond donors (Lipinski definition) is 8. The molecule has 0 radical (unpaired) electrons. The van der Waals surface area contributed by atoms with Crippen LogP contribution in [0.3, 0.4) is 0 Å². The van der Waals surface area contributed by atoms with Gasteiger partial charge in [0.2, 0.25) is 17.7 Å². The first kappa shape index (κ1) is 84.6. The fourth-order valence-electron chi connectivity index (χ4n) is 18.4. The van der Waals surface area contributed by atoms with Gasteiger partial charge < -0.3 is 84.4 Å². The van der Waals surface area contributed by atoms with Crippen LogP contribution in [0.5, 0.6) is 0 Å². The Morgan fingerprint density at radius 2 is 0.669 bits per heavy atom. The number of carbonyl (C=O) groups is 8. The van der Waals surface area contributed by atoms with Crippen molar-refractivity contribution in [2.24, 2.45) is 41.4 Å². The van der Waals surface area contributed by atoms with Crippen LogP contribution in [-0.4, -0.2) is 256 Å². The Morgan fingerprint density at radius 1 is 0.364 bits per heavy atom. The van der Waals surface area contributed by atoms with E-state index in [0.29, 0.717) is 122 Å². The van der Waals surface area contributed by atoms with Crippen LogP contribution in [0.1, 0.15) is 287 Å². The molecule has 19 rings (SSSR count). The van der Waals surface area contributed by atoms with Crippen LogP contribution in [-0.2, 0) is 19.1 Å². The number of piperidine rings is 2. The number of amides is 8. The van der Waals surface area contributed by atoms with Gasteiger partial charge >= 0.3 is 0 Å². The van der Waals surface area contributed by atoms with Crippen molar-refractivity contribution in [3.05, 3.63) is 87.6 Å². The van der Waals surface area contributed by atoms with Crippen molar-refractivity contribution in [3.63, 3.8) is 0 Å². The van der Waals surface area contributed by atoms with Gasteiger partial charge in [0.25, 0.3) is 29.5 Å². The second kappa shape index (κ2) is 39.0. The topological polar surface area (TPSA) is 397 Å². The van der Waals surface area contributed by atoms with E-state index in [0.717, 1.165) is 203 Å². The zero-order valence-electron chi connectivity index (χ0n) is 69.6. The third-order valence-electron chi connectivity index (χ3n) is 27.0. The molecule has 8 aliphatic heterocycles. The van der Waals surface area contributed by atoms with E-state index in [1.807, 2.05) is 28.9 Å². The average Bonchev–Trinajstić information content (AvgIpc) is 1.68. The minimum atomic E-state index is -0.499. The lowest BCUT2D eigenvalue weighted by Crippen LogP contribution is -2.43. The minimum absolute atomic E-state index is 0.0273. The molecule has 5 aromatic rings. The molecule has 8 N–H and O–H groups in total. The molecule has 0 aromatic carbocycles. The lowest BCUT2D eigenvalue weighted by atomic mass is 9.94. The fourth-order valence-corrected chi connectivity index (χ4v) is 18.4. The van der Waals surface area contributed by atoms with Crippen LogP contribution in [0, 0.1) is 41.4 Å². The molecule has 118 heavy (non-hydrogen) atoms. The van der Waals surface area contributed by atoms with Crippen LogP contribution >= 0.6 is 0 Å². The highest BCUT2D eigenvalue weighted by Gasteiger charge is 2.43. The lowest BCUT2D eigenvalue weighted by Gasteiger charge is -2.31. The number of rotatable bonds is 21. The summed E-state index contributed by atoms with van der Waals surface area (Å²) in [6.45, 7) is 23.2. The molecule has 8 amide bonds. The number of nitrogens with zero attached hydrogens (tertiary/aromatic N) is 10. The third-order valence-corrected chi connectivity index (χ3v) is 27.0. The fraction of sp³-hybridized carbons (Fsp3) is 0.733. The van der Waals surface area contributed by atoms with Crippen LogP contribution < -0.4 is 37.2 Å². The molecular formula is C86H125N17O15. The van der Waals surface area contributed by atoms with Gasteiger partial charge in [-0.15, -0.1) is 0 Å². The molecule has 10 atom stereocenters. The summed E-state index contributed by atoms with van der Waals surface area (Å²) in [5.41, 5.74) is 1.84. The van der Waals surface area contributed by atoms with Gasteiger partial charge in [0, 0.05) is 175 Å². The number of likely N-dealkylation sites (tertiary alicyclic amines) is 5. The van der Waals surface area contributed by atoms with Gasteiger partial charge in [-0.25, -0.2) is 0 Å². The summed E-state index contributed by atoms with van der Waals surface area (Å²) in [6.07, 6.45) is 24.8. The van der Waals surface area contributed by atoms with E-state index >= 15 is 0 Å². The normalized spacial score (nSPS) is 27.8. The molecule has 32 nitrogen and oxygen atoms in total. The summed E-state index contributed by atoms with van der Waals surface area (Å²) in [5.74, 6) is 7.88. The van der Waals surface area contributed by atoms with E-state index in [2.05, 4.69) is 100 Å². The second-order valence-corrected chi connectivity index (χ2v) is 36.7. The summed E-state index contributed by atoms with van der Waals surface area (Å²) < 4.78 is 31.7. The first-order valence-corrected chi connectivity index (χ1v) is 44.5. The first-order valence-electron chi connectivity index (χ1n) is 44.5. The largest absolute Gasteiger partial charge is 0.387 e. The quantitative estimate of drug-likeness (QED) is 0.0353. The summed E-state index contributed by atoms with van der Waals surface area (Å²) >= 11 is 0. The monoisotopic (exact) mass is 1640 g/mol. The smallest absolute Gasteiger partial charge is 0.273 e. The number of carbonyl (C=O) groups excluding carboxylic acids is 8. The van der Waals surface area contributed by atoms with Gasteiger partial charge in [-0.2, -0.15) is 0 Å². The summed E-state index contributed by atoms with van der Waals surface area (Å²) in [5, 5.41) is 50.3. The highest BCUT2D eigenvalue weighted by molar-refractivity contribution is 5.95. The Bertz CT molecular complexity index is 4110. The summed E-state index contributed by atoms with van der Waals surface area (Å²) in [4.78, 5) is 109. The number of ether oxygens (including phenoxy) is 1. The Kier molecular flexibility index (Phi) is 27.9. The van der Waals surface area contributed by atoms with Gasteiger partial charge in [0.1, 0.15) is 35.4 Å². The van der Waals surface area contributed by atoms with E-state index < -0.39 is 6.61 Å². The van der Waals surface area contributed by atoms with Gasteiger partial charge in [0.05, 0.1) is 18.1 Å². The van der Waals surface area contributed by atoms with Crippen LogP contribution in [0.2, 0.25) is 0 Å². The molecule has 0 bridgehead atoms. The first-order chi connectivity index (χ1) is 57.2. The number of nitrogens with one attached hydrogen (secondary N) is 7. The Hall–Kier alpha value is -8.43. The summed E-state index contributed by atoms with van der Waals surface area (Å²) in [7, 11) is 0. The van der Waals surface area contributed by atoms with Crippen LogP contribution in [0.4, 0.5) is 0 Å². The van der Waals surface area contributed by atoms with Crippen molar-refractivity contribution in [3.8, 4) is 0 Å². The Labute approximate surface area is 690 Å². The Balaban J connectivity index is 0.000000116. The highest BCUT2D eigenvalue weighted by Crippen LogP contribution is 2.44. The zero-order valence-corrected chi connectivity index (χ0v) is 69.6. The predicted molar refractivity (Wildman–Crippen MR) is 431 cm³/mol. The van der Waals surface area contributed by atoms with Crippen molar-refractivity contribution in [2.45, 2.75) is 248 Å². The number of aliphatic hydroxyl groups is 1. The average molecular weight is 1640 g/mol. The van der Waals surface area contributed by atoms with Gasteiger partial charge in [-0.1, -0.05) is 79.7 Å². The van der Waals surface area contributed by atoms with Crippen molar-refractivity contribution < 1.29 is 70.8 Å². The zero-order chi connectivity index (χ0) is 82.1. The van der Waals surface area contributed by atoms with Crippen molar-refractivity contribution >= 4 is 47.3 Å². The molecule has 5 aromatic heterocycles. The molecule has 0 unspecified atom stereocenters. The van der Waals surface area contributed by atoms with Crippen LogP contribution in [0.15, 0.2) is 52.9 Å². The standard InChI is InChI=1S/C19H28N4O3.C18H26N4O3.C18H27N3O2.C17H25N3O3.C14H19N3O4/c1-12-10-23(18(24)8-13-4-6-20-7-5-13)11-16(12)21-19(25)15-9-17(26-22-15)14-2-3-14;1-11-9-22(18(24)13-4-6-19-7-5-13)10-15(11)20-17(23)14-8-16(25-21-14)12-2-3-12;1-12-10-21(14-5-3-2-4-6-14)11-16(12)19-18(22)15-9-17(23-20-15)13-7-8-13;1-11-9-20(13-4-6-22-7-5-13)10-15(11)18-17(21)14-8-16(23-19-14)12-2-3-12;1-8-5-17(13(19)7-18)6-11(8)15-14(20)10-4-12(21-16-10)9-2-3-9/h9,12-14,16,20H,2-8,10-11H2,1H3,(H,21,25);8,11-13,15,19H,2-7,9-10H2,1H3,(H,20,23);9,12-14,16H,2-8,10-11H2,1H3,(H,19,22);8,11-13,15H,2-7,9-10H2,1H3,(H,18,21);4,8-9,11,18H,2-3,5-7H2,1H3,(H,15,20)/t12-,16-;11-,15-;12-,16-;11-,15-;8-,11-/m01110/s1.